The zero-order valence-corrected chi connectivity index (χ0v) is 20.3. The molecule has 182 valence electrons. The first-order valence-electron chi connectivity index (χ1n) is 10.6. The second-order valence-electron chi connectivity index (χ2n) is 7.73. The van der Waals surface area contributed by atoms with E-state index >= 15 is 0 Å². The van der Waals surface area contributed by atoms with E-state index < -0.39 is 24.7 Å². The molecule has 1 aromatic heterocycles. The number of rotatable bonds is 10. The van der Waals surface area contributed by atoms with Gasteiger partial charge in [-0.05, 0) is 35.3 Å². The number of alkyl halides is 2. The van der Waals surface area contributed by atoms with Gasteiger partial charge in [0.1, 0.15) is 18.8 Å². The van der Waals surface area contributed by atoms with Gasteiger partial charge in [0.15, 0.2) is 11.5 Å². The highest BCUT2D eigenvalue weighted by Gasteiger charge is 2.28. The monoisotopic (exact) mass is 530 g/mol. The van der Waals surface area contributed by atoms with Crippen LogP contribution in [0.1, 0.15) is 23.7 Å². The summed E-state index contributed by atoms with van der Waals surface area (Å²) in [4.78, 5) is 16.9. The summed E-state index contributed by atoms with van der Waals surface area (Å²) in [5.41, 5.74) is 2.15. The van der Waals surface area contributed by atoms with Crippen molar-refractivity contribution in [1.82, 2.24) is 10.3 Å². The number of esters is 1. The third-order valence-electron chi connectivity index (χ3n) is 5.27. The van der Waals surface area contributed by atoms with Crippen molar-refractivity contribution in [2.24, 2.45) is 0 Å². The average Bonchev–Trinajstić information content (AvgIpc) is 3.65. The van der Waals surface area contributed by atoms with Gasteiger partial charge in [0.05, 0.1) is 10.0 Å². The van der Waals surface area contributed by atoms with Crippen molar-refractivity contribution in [3.63, 3.8) is 0 Å². The van der Waals surface area contributed by atoms with Gasteiger partial charge in [-0.2, -0.15) is 20.5 Å². The molecule has 0 amide bonds. The van der Waals surface area contributed by atoms with Gasteiger partial charge in [-0.25, -0.2) is 0 Å². The number of carbonyl (C=O) groups excluding carboxylic acids is 1. The van der Waals surface area contributed by atoms with Crippen LogP contribution >= 0.6 is 35.0 Å². The maximum Gasteiger partial charge on any atom is 0.387 e. The minimum atomic E-state index is -3.01. The Morgan fingerprint density at radius 2 is 2.00 bits per heavy atom. The number of nitrogens with zero attached hydrogens (tertiary/aromatic N) is 1. The van der Waals surface area contributed by atoms with Crippen molar-refractivity contribution in [3.05, 3.63) is 63.4 Å². The molecule has 2 heterocycles. The molecule has 1 unspecified atom stereocenters. The van der Waals surface area contributed by atoms with E-state index in [2.05, 4.69) is 15.0 Å². The molecule has 1 aliphatic carbocycles. The van der Waals surface area contributed by atoms with E-state index in [0.717, 1.165) is 17.7 Å². The number of nitrogens with one attached hydrogen (secondary N) is 1. The number of carbonyl (C=O) groups is 1. The molecule has 11 heteroatoms. The van der Waals surface area contributed by atoms with E-state index in [4.69, 9.17) is 32.7 Å². The number of benzene rings is 1. The Balaban J connectivity index is 1.63. The van der Waals surface area contributed by atoms with Gasteiger partial charge in [0.25, 0.3) is 0 Å². The molecule has 2 atom stereocenters. The predicted molar refractivity (Wildman–Crippen MR) is 127 cm³/mol. The molecule has 1 aliphatic heterocycles. The Kier molecular flexibility index (Phi) is 8.52. The van der Waals surface area contributed by atoms with Gasteiger partial charge in [0.2, 0.25) is 0 Å². The quantitative estimate of drug-likeness (QED) is 0.333. The van der Waals surface area contributed by atoms with E-state index in [9.17, 15) is 13.6 Å². The third kappa shape index (κ3) is 6.75. The van der Waals surface area contributed by atoms with E-state index in [0.29, 0.717) is 33.5 Å². The molecule has 4 rings (SSSR count). The highest BCUT2D eigenvalue weighted by atomic mass is 35.5. The van der Waals surface area contributed by atoms with Crippen molar-refractivity contribution in [1.29, 1.82) is 0 Å². The predicted octanol–water partition coefficient (Wildman–Crippen LogP) is 5.23. The number of hydrogen-bond donors (Lipinski definition) is 1. The van der Waals surface area contributed by atoms with Crippen molar-refractivity contribution in [3.8, 4) is 11.5 Å². The standard InChI is InChI=1S/C23H22Cl2F2N2O4S/c24-16-9-28-10-17(25)15(16)8-20(32-22(30)18-12-34-6-5-29-18)14-3-4-19(33-23(26)27)21(7-14)31-11-13-1-2-13/h1,3-4,7,9-10,18,20,23,29H,2,5-6,8,11-12H2/t18?,20-/m0/s1. The van der Waals surface area contributed by atoms with Crippen LogP contribution in [0.3, 0.4) is 0 Å². The average molecular weight is 531 g/mol. The fraction of sp³-hybridized carbons (Fsp3) is 0.391. The lowest BCUT2D eigenvalue weighted by atomic mass is 10.0. The molecular formula is C23H22Cl2F2N2O4S. The van der Waals surface area contributed by atoms with Crippen LogP contribution in [0.25, 0.3) is 0 Å². The maximum absolute atomic E-state index is 12.9. The largest absolute Gasteiger partial charge is 0.485 e. The number of hydrogen-bond acceptors (Lipinski definition) is 7. The number of pyridine rings is 1. The van der Waals surface area contributed by atoms with Crippen molar-refractivity contribution < 1.29 is 27.8 Å². The molecule has 6 nitrogen and oxygen atoms in total. The van der Waals surface area contributed by atoms with Gasteiger partial charge in [-0.1, -0.05) is 35.3 Å². The summed E-state index contributed by atoms with van der Waals surface area (Å²) >= 11 is 14.3. The topological polar surface area (TPSA) is 69.7 Å². The summed E-state index contributed by atoms with van der Waals surface area (Å²) in [6.07, 6.45) is 5.07. The molecule has 34 heavy (non-hydrogen) atoms. The molecule has 0 bridgehead atoms. The normalized spacial score (nSPS) is 18.3. The summed E-state index contributed by atoms with van der Waals surface area (Å²) < 4.78 is 42.1. The Labute approximate surface area is 209 Å². The summed E-state index contributed by atoms with van der Waals surface area (Å²) in [6.45, 7) is -2.05. The minimum absolute atomic E-state index is 0.101. The Morgan fingerprint density at radius 3 is 2.65 bits per heavy atom. The smallest absolute Gasteiger partial charge is 0.387 e. The fourth-order valence-electron chi connectivity index (χ4n) is 3.38. The number of aromatic nitrogens is 1. The molecule has 1 aromatic carbocycles. The van der Waals surface area contributed by atoms with E-state index in [1.165, 1.54) is 18.5 Å². The van der Waals surface area contributed by atoms with Crippen molar-refractivity contribution >= 4 is 40.9 Å². The number of allylic oxidation sites excluding steroid dienone is 1. The molecule has 1 N–H and O–H groups in total. The van der Waals surface area contributed by atoms with Crippen molar-refractivity contribution in [2.75, 3.05) is 24.7 Å². The molecule has 2 aliphatic rings. The number of halogens is 4. The first kappa shape index (κ1) is 25.0. The molecule has 1 fully saturated rings. The fourth-order valence-corrected chi connectivity index (χ4v) is 4.81. The first-order valence-corrected chi connectivity index (χ1v) is 12.5. The summed E-state index contributed by atoms with van der Waals surface area (Å²) in [6, 6.07) is 4.03. The molecular weight excluding hydrogens is 509 g/mol. The van der Waals surface area contributed by atoms with Gasteiger partial charge >= 0.3 is 12.6 Å². The summed E-state index contributed by atoms with van der Waals surface area (Å²) in [7, 11) is 0. The SMILES string of the molecule is O=C(O[C@@H](Cc1c(Cl)cncc1Cl)c1ccc(OC(F)F)c(OCC2=CC2)c1)C1CSCCN1. The van der Waals surface area contributed by atoms with Crippen LogP contribution in [0.15, 0.2) is 42.2 Å². The lowest BCUT2D eigenvalue weighted by Crippen LogP contribution is -2.44. The van der Waals surface area contributed by atoms with Crippen LogP contribution in [0.2, 0.25) is 10.0 Å². The summed E-state index contributed by atoms with van der Waals surface area (Å²) in [5, 5.41) is 3.81. The van der Waals surface area contributed by atoms with Crippen LogP contribution < -0.4 is 14.8 Å². The van der Waals surface area contributed by atoms with Crippen LogP contribution in [-0.4, -0.2) is 48.3 Å². The van der Waals surface area contributed by atoms with Gasteiger partial charge in [-0.15, -0.1) is 0 Å². The summed E-state index contributed by atoms with van der Waals surface area (Å²) in [5.74, 6) is 1.11. The molecule has 2 aromatic rings. The van der Waals surface area contributed by atoms with E-state index in [1.54, 1.807) is 23.9 Å². The van der Waals surface area contributed by atoms with Crippen LogP contribution in [-0.2, 0) is 16.0 Å². The van der Waals surface area contributed by atoms with E-state index in [1.807, 2.05) is 6.08 Å². The second-order valence-corrected chi connectivity index (χ2v) is 9.70. The van der Waals surface area contributed by atoms with Gasteiger partial charge < -0.3 is 19.5 Å². The highest BCUT2D eigenvalue weighted by molar-refractivity contribution is 7.99. The zero-order chi connectivity index (χ0) is 24.1. The highest BCUT2D eigenvalue weighted by Crippen LogP contribution is 2.37. The number of thioether (sulfide) groups is 1. The van der Waals surface area contributed by atoms with Gasteiger partial charge in [0, 0.05) is 36.9 Å². The van der Waals surface area contributed by atoms with Crippen molar-refractivity contribution in [2.45, 2.75) is 31.6 Å². The molecule has 1 saturated heterocycles. The zero-order valence-electron chi connectivity index (χ0n) is 17.9. The number of ether oxygens (including phenoxy) is 3. The lowest BCUT2D eigenvalue weighted by Gasteiger charge is -2.26. The van der Waals surface area contributed by atoms with Crippen LogP contribution in [0.4, 0.5) is 8.78 Å². The Bertz CT molecular complexity index is 1050. The molecule has 0 spiro atoms. The Morgan fingerprint density at radius 1 is 1.24 bits per heavy atom. The Hall–Kier alpha value is -2.07. The van der Waals surface area contributed by atoms with E-state index in [-0.39, 0.29) is 24.5 Å². The third-order valence-corrected chi connectivity index (χ3v) is 6.98. The molecule has 0 radical (unpaired) electrons. The van der Waals surface area contributed by atoms with Crippen LogP contribution in [0.5, 0.6) is 11.5 Å². The van der Waals surface area contributed by atoms with Gasteiger partial charge in [-0.3, -0.25) is 9.78 Å². The lowest BCUT2D eigenvalue weighted by molar-refractivity contribution is -0.151. The minimum Gasteiger partial charge on any atom is -0.485 e. The molecule has 0 saturated carbocycles. The second kappa shape index (κ2) is 11.6. The maximum atomic E-state index is 12.9. The first-order chi connectivity index (χ1) is 16.4. The van der Waals surface area contributed by atoms with Crippen LogP contribution in [0, 0.1) is 0 Å².